The molecule has 110 valence electrons. The number of unbranched alkanes of at least 4 members (excludes halogenated alkanes) is 3. The van der Waals surface area contributed by atoms with Crippen molar-refractivity contribution in [3.63, 3.8) is 0 Å². The van der Waals surface area contributed by atoms with E-state index in [0.717, 1.165) is 63.1 Å². The molecule has 1 amide bonds. The lowest BCUT2D eigenvalue weighted by atomic mass is 10.1. The van der Waals surface area contributed by atoms with Gasteiger partial charge in [-0.15, -0.1) is 0 Å². The van der Waals surface area contributed by atoms with Gasteiger partial charge < -0.3 is 15.8 Å². The Balaban J connectivity index is 1.76. The first kappa shape index (κ1) is 14.9. The molecule has 4 heteroatoms. The van der Waals surface area contributed by atoms with E-state index in [1.807, 2.05) is 18.2 Å². The van der Waals surface area contributed by atoms with Gasteiger partial charge in [0.25, 0.3) is 0 Å². The second-order valence-electron chi connectivity index (χ2n) is 5.28. The molecule has 0 fully saturated rings. The molecule has 0 atom stereocenters. The minimum Gasteiger partial charge on any atom is -0.493 e. The van der Waals surface area contributed by atoms with Crippen molar-refractivity contribution in [1.82, 2.24) is 0 Å². The van der Waals surface area contributed by atoms with Crippen molar-refractivity contribution in [3.05, 3.63) is 23.8 Å². The van der Waals surface area contributed by atoms with Crippen LogP contribution in [0.5, 0.6) is 5.75 Å². The fourth-order valence-corrected chi connectivity index (χ4v) is 2.45. The highest BCUT2D eigenvalue weighted by Gasteiger charge is 2.11. The third-order valence-corrected chi connectivity index (χ3v) is 3.55. The molecule has 1 aliphatic rings. The maximum absolute atomic E-state index is 11.8. The van der Waals surface area contributed by atoms with Crippen molar-refractivity contribution in [2.45, 2.75) is 44.9 Å². The van der Waals surface area contributed by atoms with Crippen molar-refractivity contribution >= 4 is 11.6 Å². The van der Waals surface area contributed by atoms with Crippen molar-refractivity contribution in [2.24, 2.45) is 5.73 Å². The predicted molar refractivity (Wildman–Crippen MR) is 81.0 cm³/mol. The summed E-state index contributed by atoms with van der Waals surface area (Å²) in [4.78, 5) is 11.8. The summed E-state index contributed by atoms with van der Waals surface area (Å²) in [6.07, 6.45) is 6.82. The van der Waals surface area contributed by atoms with Crippen LogP contribution in [0.25, 0.3) is 0 Å². The number of ether oxygens (including phenoxy) is 1. The van der Waals surface area contributed by atoms with Crippen LogP contribution < -0.4 is 15.8 Å². The molecule has 0 radical (unpaired) electrons. The van der Waals surface area contributed by atoms with Crippen LogP contribution in [0.1, 0.15) is 44.1 Å². The Kier molecular flexibility index (Phi) is 5.87. The molecule has 0 aromatic heterocycles. The lowest BCUT2D eigenvalue weighted by molar-refractivity contribution is -0.116. The van der Waals surface area contributed by atoms with Gasteiger partial charge in [0.2, 0.25) is 5.91 Å². The van der Waals surface area contributed by atoms with E-state index >= 15 is 0 Å². The molecule has 0 unspecified atom stereocenters. The summed E-state index contributed by atoms with van der Waals surface area (Å²) in [6.45, 7) is 1.53. The maximum Gasteiger partial charge on any atom is 0.224 e. The van der Waals surface area contributed by atoms with Gasteiger partial charge in [0.15, 0.2) is 0 Å². The maximum atomic E-state index is 11.8. The normalized spacial score (nSPS) is 13.4. The van der Waals surface area contributed by atoms with Crippen molar-refractivity contribution in [1.29, 1.82) is 0 Å². The molecule has 2 rings (SSSR count). The number of carbonyl (C=O) groups is 1. The number of hydrogen-bond acceptors (Lipinski definition) is 3. The topological polar surface area (TPSA) is 64.4 Å². The molecule has 0 saturated carbocycles. The Bertz CT molecular complexity index is 446. The average Bonchev–Trinajstić information content (AvgIpc) is 2.47. The number of nitrogens with one attached hydrogen (secondary N) is 1. The van der Waals surface area contributed by atoms with E-state index in [-0.39, 0.29) is 5.91 Å². The van der Waals surface area contributed by atoms with Crippen molar-refractivity contribution in [3.8, 4) is 5.75 Å². The van der Waals surface area contributed by atoms with Crippen LogP contribution in [0, 0.1) is 0 Å². The van der Waals surface area contributed by atoms with Gasteiger partial charge in [-0.3, -0.25) is 4.79 Å². The van der Waals surface area contributed by atoms with Gasteiger partial charge in [0.05, 0.1) is 6.61 Å². The lowest BCUT2D eigenvalue weighted by Crippen LogP contribution is -2.13. The number of hydrogen-bond donors (Lipinski definition) is 2. The van der Waals surface area contributed by atoms with Crippen LogP contribution in [-0.2, 0) is 11.2 Å². The molecule has 0 saturated heterocycles. The molecule has 4 nitrogen and oxygen atoms in total. The summed E-state index contributed by atoms with van der Waals surface area (Å²) in [6, 6.07) is 5.89. The third-order valence-electron chi connectivity index (χ3n) is 3.55. The number of amides is 1. The molecule has 20 heavy (non-hydrogen) atoms. The molecular weight excluding hydrogens is 252 g/mol. The van der Waals surface area contributed by atoms with E-state index in [9.17, 15) is 4.79 Å². The van der Waals surface area contributed by atoms with E-state index in [2.05, 4.69) is 5.32 Å². The quantitative estimate of drug-likeness (QED) is 0.753. The zero-order valence-corrected chi connectivity index (χ0v) is 12.0. The molecule has 1 aliphatic heterocycles. The summed E-state index contributed by atoms with van der Waals surface area (Å²) in [7, 11) is 0. The smallest absolute Gasteiger partial charge is 0.224 e. The zero-order chi connectivity index (χ0) is 14.2. The highest BCUT2D eigenvalue weighted by atomic mass is 16.5. The second kappa shape index (κ2) is 7.90. The molecule has 0 aliphatic carbocycles. The number of benzene rings is 1. The second-order valence-corrected chi connectivity index (χ2v) is 5.28. The molecular formula is C16H24N2O2. The Hall–Kier alpha value is -1.55. The monoisotopic (exact) mass is 276 g/mol. The molecule has 1 aromatic carbocycles. The Labute approximate surface area is 120 Å². The summed E-state index contributed by atoms with van der Waals surface area (Å²) in [5, 5.41) is 2.96. The van der Waals surface area contributed by atoms with Gasteiger partial charge in [0, 0.05) is 12.1 Å². The van der Waals surface area contributed by atoms with Crippen LogP contribution >= 0.6 is 0 Å². The zero-order valence-electron chi connectivity index (χ0n) is 12.0. The van der Waals surface area contributed by atoms with Gasteiger partial charge in [-0.25, -0.2) is 0 Å². The number of carbonyl (C=O) groups excluding carboxylic acids is 1. The van der Waals surface area contributed by atoms with E-state index in [4.69, 9.17) is 10.5 Å². The molecule has 0 bridgehead atoms. The first-order valence-electron chi connectivity index (χ1n) is 7.55. The molecule has 1 aromatic rings. The Morgan fingerprint density at radius 2 is 2.10 bits per heavy atom. The molecule has 0 spiro atoms. The molecule has 3 N–H and O–H groups in total. The highest BCUT2D eigenvalue weighted by Crippen LogP contribution is 2.27. The van der Waals surface area contributed by atoms with E-state index < -0.39 is 0 Å². The van der Waals surface area contributed by atoms with Gasteiger partial charge in [-0.05, 0) is 56.0 Å². The summed E-state index contributed by atoms with van der Waals surface area (Å²) >= 11 is 0. The lowest BCUT2D eigenvalue weighted by Gasteiger charge is -2.18. The Morgan fingerprint density at radius 1 is 1.25 bits per heavy atom. The minimum absolute atomic E-state index is 0.0921. The Morgan fingerprint density at radius 3 is 2.95 bits per heavy atom. The van der Waals surface area contributed by atoms with E-state index in [0.29, 0.717) is 6.42 Å². The van der Waals surface area contributed by atoms with E-state index in [1.165, 1.54) is 5.56 Å². The number of aryl methyl sites for hydroxylation is 1. The standard InChI is InChI=1S/C16H24N2O2/c17-10-4-2-1-3-7-16(19)18-14-8-9-15-13(12-14)6-5-11-20-15/h8-9,12H,1-7,10-11,17H2,(H,18,19). The number of rotatable bonds is 7. The van der Waals surface area contributed by atoms with Gasteiger partial charge in [-0.1, -0.05) is 12.8 Å². The fraction of sp³-hybridized carbons (Fsp3) is 0.562. The van der Waals surface area contributed by atoms with Crippen molar-refractivity contribution < 1.29 is 9.53 Å². The van der Waals surface area contributed by atoms with Crippen LogP contribution in [0.15, 0.2) is 18.2 Å². The number of nitrogens with two attached hydrogens (primary N) is 1. The largest absolute Gasteiger partial charge is 0.493 e. The van der Waals surface area contributed by atoms with Crippen LogP contribution in [0.4, 0.5) is 5.69 Å². The van der Waals surface area contributed by atoms with Gasteiger partial charge >= 0.3 is 0 Å². The van der Waals surface area contributed by atoms with Crippen LogP contribution in [0.3, 0.4) is 0 Å². The fourth-order valence-electron chi connectivity index (χ4n) is 2.45. The highest BCUT2D eigenvalue weighted by molar-refractivity contribution is 5.90. The molecule has 1 heterocycles. The minimum atomic E-state index is 0.0921. The SMILES string of the molecule is NCCCCCCC(=O)Nc1ccc2c(c1)CCCO2. The van der Waals surface area contributed by atoms with E-state index in [1.54, 1.807) is 0 Å². The first-order valence-corrected chi connectivity index (χ1v) is 7.55. The average molecular weight is 276 g/mol. The van der Waals surface area contributed by atoms with Crippen molar-refractivity contribution in [2.75, 3.05) is 18.5 Å². The number of fused-ring (bicyclic) bond motifs is 1. The van der Waals surface area contributed by atoms with Crippen LogP contribution in [-0.4, -0.2) is 19.1 Å². The van der Waals surface area contributed by atoms with Crippen LogP contribution in [0.2, 0.25) is 0 Å². The summed E-state index contributed by atoms with van der Waals surface area (Å²) < 4.78 is 5.56. The third kappa shape index (κ3) is 4.53. The summed E-state index contributed by atoms with van der Waals surface area (Å²) in [5.74, 6) is 1.05. The number of anilines is 1. The summed E-state index contributed by atoms with van der Waals surface area (Å²) in [5.41, 5.74) is 7.51. The van der Waals surface area contributed by atoms with Gasteiger partial charge in [-0.2, -0.15) is 0 Å². The predicted octanol–water partition coefficient (Wildman–Crippen LogP) is 2.86. The van der Waals surface area contributed by atoms with Gasteiger partial charge in [0.1, 0.15) is 5.75 Å². The first-order chi connectivity index (χ1) is 9.79.